The van der Waals surface area contributed by atoms with Gasteiger partial charge in [-0.25, -0.2) is 17.9 Å². The normalized spacial score (nSPS) is 11.7. The average Bonchev–Trinajstić information content (AvgIpc) is 1.94. The van der Waals surface area contributed by atoms with Crippen molar-refractivity contribution in [1.82, 2.24) is 0 Å². The fourth-order valence-corrected chi connectivity index (χ4v) is 1.94. The van der Waals surface area contributed by atoms with Crippen molar-refractivity contribution in [3.8, 4) is 0 Å². The maximum atomic E-state index is 12.8. The van der Waals surface area contributed by atoms with E-state index in [1.54, 1.807) is 13.8 Å². The van der Waals surface area contributed by atoms with Crippen LogP contribution in [0.1, 0.15) is 11.1 Å². The van der Waals surface area contributed by atoms with Gasteiger partial charge < -0.3 is 0 Å². The van der Waals surface area contributed by atoms with Gasteiger partial charge in [-0.15, -0.1) is 0 Å². The molecule has 0 spiro atoms. The summed E-state index contributed by atoms with van der Waals surface area (Å²) in [5.41, 5.74) is 1.06. The van der Waals surface area contributed by atoms with Crippen LogP contribution in [-0.2, 0) is 10.0 Å². The molecule has 0 amide bonds. The Kier molecular flexibility index (Phi) is 2.40. The number of rotatable bonds is 1. The molecule has 0 unspecified atom stereocenters. The van der Waals surface area contributed by atoms with Gasteiger partial charge in [-0.2, -0.15) is 0 Å². The number of benzene rings is 1. The van der Waals surface area contributed by atoms with Crippen molar-refractivity contribution in [2.75, 3.05) is 0 Å². The summed E-state index contributed by atoms with van der Waals surface area (Å²) in [6.07, 6.45) is 0. The Morgan fingerprint density at radius 3 is 2.31 bits per heavy atom. The van der Waals surface area contributed by atoms with Gasteiger partial charge in [0.05, 0.1) is 4.90 Å². The SMILES string of the molecule is Cc1cc(F)cc(S(N)(=O)=O)c1C. The van der Waals surface area contributed by atoms with E-state index < -0.39 is 15.8 Å². The van der Waals surface area contributed by atoms with Crippen molar-refractivity contribution in [1.29, 1.82) is 0 Å². The summed E-state index contributed by atoms with van der Waals surface area (Å²) in [6.45, 7) is 3.22. The van der Waals surface area contributed by atoms with E-state index in [1.807, 2.05) is 0 Å². The first-order valence-corrected chi connectivity index (χ1v) is 5.16. The molecule has 1 rings (SSSR count). The number of aryl methyl sites for hydroxylation is 1. The number of hydrogen-bond acceptors (Lipinski definition) is 2. The second kappa shape index (κ2) is 3.08. The smallest absolute Gasteiger partial charge is 0.225 e. The summed E-state index contributed by atoms with van der Waals surface area (Å²) in [6, 6.07) is 2.20. The summed E-state index contributed by atoms with van der Waals surface area (Å²) in [5, 5.41) is 4.90. The van der Waals surface area contributed by atoms with Gasteiger partial charge in [0.2, 0.25) is 10.0 Å². The van der Waals surface area contributed by atoms with E-state index in [0.29, 0.717) is 11.1 Å². The lowest BCUT2D eigenvalue weighted by molar-refractivity contribution is 0.590. The molecule has 0 saturated heterocycles. The summed E-state index contributed by atoms with van der Waals surface area (Å²) >= 11 is 0. The highest BCUT2D eigenvalue weighted by Gasteiger charge is 2.14. The first-order chi connectivity index (χ1) is 5.82. The van der Waals surface area contributed by atoms with Gasteiger partial charge in [0.15, 0.2) is 0 Å². The standard InChI is InChI=1S/C8H10FNO2S/c1-5-3-7(9)4-8(6(5)2)13(10,11)12/h3-4H,1-2H3,(H2,10,11,12). The predicted octanol–water partition coefficient (Wildman–Crippen LogP) is 1.09. The van der Waals surface area contributed by atoms with Gasteiger partial charge in [-0.05, 0) is 37.1 Å². The fraction of sp³-hybridized carbons (Fsp3) is 0.250. The van der Waals surface area contributed by atoms with Crippen molar-refractivity contribution in [3.63, 3.8) is 0 Å². The van der Waals surface area contributed by atoms with E-state index in [1.165, 1.54) is 6.07 Å². The quantitative estimate of drug-likeness (QED) is 0.742. The first-order valence-electron chi connectivity index (χ1n) is 3.62. The van der Waals surface area contributed by atoms with Gasteiger partial charge in [-0.3, -0.25) is 0 Å². The molecule has 0 bridgehead atoms. The van der Waals surface area contributed by atoms with Crippen LogP contribution in [0.4, 0.5) is 4.39 Å². The van der Waals surface area contributed by atoms with Crippen molar-refractivity contribution < 1.29 is 12.8 Å². The second-order valence-electron chi connectivity index (χ2n) is 2.89. The molecular weight excluding hydrogens is 193 g/mol. The summed E-state index contributed by atoms with van der Waals surface area (Å²) in [7, 11) is -3.82. The molecule has 0 saturated carbocycles. The average molecular weight is 203 g/mol. The van der Waals surface area contributed by atoms with Gasteiger partial charge in [-0.1, -0.05) is 0 Å². The number of nitrogens with two attached hydrogens (primary N) is 1. The van der Waals surface area contributed by atoms with E-state index in [4.69, 9.17) is 5.14 Å². The lowest BCUT2D eigenvalue weighted by atomic mass is 10.1. The molecule has 13 heavy (non-hydrogen) atoms. The van der Waals surface area contributed by atoms with Crippen molar-refractivity contribution >= 4 is 10.0 Å². The topological polar surface area (TPSA) is 60.2 Å². The lowest BCUT2D eigenvalue weighted by Gasteiger charge is -2.06. The minimum Gasteiger partial charge on any atom is -0.225 e. The maximum Gasteiger partial charge on any atom is 0.238 e. The minimum absolute atomic E-state index is 0.148. The van der Waals surface area contributed by atoms with E-state index >= 15 is 0 Å². The van der Waals surface area contributed by atoms with Gasteiger partial charge in [0, 0.05) is 0 Å². The van der Waals surface area contributed by atoms with Crippen LogP contribution in [0.5, 0.6) is 0 Å². The van der Waals surface area contributed by atoms with Crippen molar-refractivity contribution in [2.24, 2.45) is 5.14 Å². The molecule has 72 valence electrons. The number of primary sulfonamides is 1. The van der Waals surface area contributed by atoms with Crippen LogP contribution in [0.3, 0.4) is 0 Å². The molecule has 1 aromatic carbocycles. The molecule has 2 N–H and O–H groups in total. The first kappa shape index (κ1) is 10.1. The Labute approximate surface area is 76.4 Å². The van der Waals surface area contributed by atoms with Crippen LogP contribution < -0.4 is 5.14 Å². The van der Waals surface area contributed by atoms with Gasteiger partial charge in [0.1, 0.15) is 5.82 Å². The van der Waals surface area contributed by atoms with Crippen LogP contribution in [0.2, 0.25) is 0 Å². The zero-order chi connectivity index (χ0) is 10.2. The van der Waals surface area contributed by atoms with E-state index in [-0.39, 0.29) is 4.90 Å². The molecule has 0 fully saturated rings. The van der Waals surface area contributed by atoms with Crippen LogP contribution in [0, 0.1) is 19.7 Å². The predicted molar refractivity (Wildman–Crippen MR) is 47.2 cm³/mol. The minimum atomic E-state index is -3.82. The molecule has 0 aliphatic carbocycles. The third kappa shape index (κ3) is 2.05. The molecule has 0 atom stereocenters. The Morgan fingerprint density at radius 2 is 1.85 bits per heavy atom. The Morgan fingerprint density at radius 1 is 1.31 bits per heavy atom. The van der Waals surface area contributed by atoms with Crippen LogP contribution >= 0.6 is 0 Å². The van der Waals surface area contributed by atoms with Crippen LogP contribution in [0.15, 0.2) is 17.0 Å². The summed E-state index contributed by atoms with van der Waals surface area (Å²) < 4.78 is 34.8. The molecule has 0 radical (unpaired) electrons. The fourth-order valence-electron chi connectivity index (χ4n) is 1.08. The summed E-state index contributed by atoms with van der Waals surface area (Å²) in [5.74, 6) is -0.591. The zero-order valence-corrected chi connectivity index (χ0v) is 8.15. The third-order valence-electron chi connectivity index (χ3n) is 1.89. The highest BCUT2D eigenvalue weighted by atomic mass is 32.2. The Balaban J connectivity index is 3.56. The monoisotopic (exact) mass is 203 g/mol. The third-order valence-corrected chi connectivity index (χ3v) is 2.93. The summed E-state index contributed by atoms with van der Waals surface area (Å²) in [4.78, 5) is -0.148. The molecule has 0 aromatic heterocycles. The number of hydrogen-bond donors (Lipinski definition) is 1. The number of halogens is 1. The second-order valence-corrected chi connectivity index (χ2v) is 4.42. The zero-order valence-electron chi connectivity index (χ0n) is 7.33. The Hall–Kier alpha value is -0.940. The lowest BCUT2D eigenvalue weighted by Crippen LogP contribution is -2.14. The van der Waals surface area contributed by atoms with E-state index in [0.717, 1.165) is 6.07 Å². The molecule has 0 aliphatic heterocycles. The van der Waals surface area contributed by atoms with Crippen LogP contribution in [0.25, 0.3) is 0 Å². The maximum absolute atomic E-state index is 12.8. The van der Waals surface area contributed by atoms with Gasteiger partial charge in [0.25, 0.3) is 0 Å². The van der Waals surface area contributed by atoms with Crippen LogP contribution in [-0.4, -0.2) is 8.42 Å². The van der Waals surface area contributed by atoms with Crippen molar-refractivity contribution in [2.45, 2.75) is 18.7 Å². The largest absolute Gasteiger partial charge is 0.238 e. The highest BCUT2D eigenvalue weighted by Crippen LogP contribution is 2.18. The molecule has 0 heterocycles. The van der Waals surface area contributed by atoms with E-state index in [9.17, 15) is 12.8 Å². The molecule has 3 nitrogen and oxygen atoms in total. The van der Waals surface area contributed by atoms with Gasteiger partial charge >= 0.3 is 0 Å². The molecule has 5 heteroatoms. The molecular formula is C8H10FNO2S. The highest BCUT2D eigenvalue weighted by molar-refractivity contribution is 7.89. The molecule has 1 aromatic rings. The molecule has 0 aliphatic rings. The van der Waals surface area contributed by atoms with Crippen molar-refractivity contribution in [3.05, 3.63) is 29.1 Å². The van der Waals surface area contributed by atoms with E-state index in [2.05, 4.69) is 0 Å². The number of sulfonamides is 1. The Bertz CT molecular complexity index is 440.